The van der Waals surface area contributed by atoms with Crippen molar-refractivity contribution >= 4 is 37.5 Å². The molecule has 0 bridgehead atoms. The maximum Gasteiger partial charge on any atom is 0.271 e. The van der Waals surface area contributed by atoms with Crippen molar-refractivity contribution in [1.82, 2.24) is 14.5 Å². The molecule has 0 aliphatic heterocycles. The highest BCUT2D eigenvalue weighted by molar-refractivity contribution is 7.25. The van der Waals surface area contributed by atoms with Crippen molar-refractivity contribution in [2.45, 2.75) is 38.1 Å². The molecule has 0 amide bonds. The van der Waals surface area contributed by atoms with Gasteiger partial charge in [-0.3, -0.25) is 9.36 Å². The van der Waals surface area contributed by atoms with E-state index in [0.717, 1.165) is 39.9 Å². The van der Waals surface area contributed by atoms with Crippen LogP contribution in [0.1, 0.15) is 43.7 Å². The van der Waals surface area contributed by atoms with Gasteiger partial charge in [0.1, 0.15) is 9.53 Å². The molecule has 1 saturated carbocycles. The molecule has 31 heavy (non-hydrogen) atoms. The van der Waals surface area contributed by atoms with Crippen LogP contribution in [0.3, 0.4) is 0 Å². The summed E-state index contributed by atoms with van der Waals surface area (Å²) in [6.07, 6.45) is 9.23. The van der Waals surface area contributed by atoms with Crippen LogP contribution in [-0.4, -0.2) is 28.6 Å². The highest BCUT2D eigenvalue weighted by Gasteiger charge is 2.23. The van der Waals surface area contributed by atoms with Crippen molar-refractivity contribution in [2.75, 3.05) is 19.0 Å². The number of nitriles is 1. The molecule has 1 aliphatic carbocycles. The molecule has 3 heterocycles. The van der Waals surface area contributed by atoms with Crippen LogP contribution in [-0.2, 0) is 0 Å². The minimum atomic E-state index is 0.0395. The van der Waals surface area contributed by atoms with Gasteiger partial charge in [0.2, 0.25) is 0 Å². The first kappa shape index (κ1) is 19.7. The van der Waals surface area contributed by atoms with Crippen molar-refractivity contribution < 1.29 is 0 Å². The molecule has 3 aromatic heterocycles. The minimum Gasteiger partial charge on any atom is -0.376 e. The van der Waals surface area contributed by atoms with Crippen molar-refractivity contribution in [3.05, 3.63) is 52.7 Å². The van der Waals surface area contributed by atoms with Crippen LogP contribution < -0.4 is 10.5 Å². The molecule has 0 radical (unpaired) electrons. The summed E-state index contributed by atoms with van der Waals surface area (Å²) in [7, 11) is 3.97. The third kappa shape index (κ3) is 3.28. The molecule has 0 spiro atoms. The summed E-state index contributed by atoms with van der Waals surface area (Å²) in [5.74, 6) is 0. The van der Waals surface area contributed by atoms with E-state index in [1.54, 1.807) is 12.4 Å². The lowest BCUT2D eigenvalue weighted by molar-refractivity contribution is 0.345. The van der Waals surface area contributed by atoms with E-state index in [-0.39, 0.29) is 11.6 Å². The van der Waals surface area contributed by atoms with Gasteiger partial charge in [-0.25, -0.2) is 9.97 Å². The second kappa shape index (κ2) is 7.78. The van der Waals surface area contributed by atoms with Crippen LogP contribution in [0.2, 0.25) is 0 Å². The summed E-state index contributed by atoms with van der Waals surface area (Å²) in [5, 5.41) is 10.2. The topological polar surface area (TPSA) is 74.8 Å². The van der Waals surface area contributed by atoms with E-state index in [2.05, 4.69) is 6.07 Å². The lowest BCUT2D eigenvalue weighted by Crippen LogP contribution is -2.26. The molecule has 0 saturated heterocycles. The van der Waals surface area contributed by atoms with Crippen LogP contribution in [0.25, 0.3) is 31.6 Å². The number of rotatable bonds is 3. The molecule has 1 fully saturated rings. The van der Waals surface area contributed by atoms with Gasteiger partial charge in [0.15, 0.2) is 0 Å². The normalized spacial score (nSPS) is 14.7. The third-order valence-corrected chi connectivity index (χ3v) is 7.20. The molecule has 0 atom stereocenters. The summed E-state index contributed by atoms with van der Waals surface area (Å²) in [5.41, 5.74) is 4.17. The largest absolute Gasteiger partial charge is 0.376 e. The molecule has 1 aromatic carbocycles. The molecule has 4 aromatic rings. The second-order valence-corrected chi connectivity index (χ2v) is 9.32. The third-order valence-electron chi connectivity index (χ3n) is 6.13. The van der Waals surface area contributed by atoms with Gasteiger partial charge in [0.05, 0.1) is 34.6 Å². The Morgan fingerprint density at radius 1 is 1.19 bits per heavy atom. The Bertz CT molecular complexity index is 1390. The lowest BCUT2D eigenvalue weighted by Gasteiger charge is -2.23. The summed E-state index contributed by atoms with van der Waals surface area (Å²) in [6, 6.07) is 9.97. The van der Waals surface area contributed by atoms with E-state index >= 15 is 0 Å². The molecule has 7 heteroatoms. The number of benzene rings is 1. The maximum absolute atomic E-state index is 13.4. The van der Waals surface area contributed by atoms with E-state index in [1.807, 2.05) is 48.0 Å². The van der Waals surface area contributed by atoms with Crippen LogP contribution in [0.4, 0.5) is 5.69 Å². The van der Waals surface area contributed by atoms with Gasteiger partial charge in [0, 0.05) is 31.9 Å². The number of hydrogen-bond acceptors (Lipinski definition) is 6. The van der Waals surface area contributed by atoms with Gasteiger partial charge in [-0.2, -0.15) is 5.26 Å². The highest BCUT2D eigenvalue weighted by Crippen LogP contribution is 2.41. The Hall–Kier alpha value is -3.24. The van der Waals surface area contributed by atoms with Crippen molar-refractivity contribution in [3.63, 3.8) is 0 Å². The SMILES string of the molecule is CN(C)c1c(-c2cccc(C#N)c2)cnc2sc3c(=O)n(C4CCCCC4)cnc3c12. The summed E-state index contributed by atoms with van der Waals surface area (Å²) in [4.78, 5) is 25.7. The molecule has 5 rings (SSSR count). The molecular weight excluding hydrogens is 406 g/mol. The molecule has 0 N–H and O–H groups in total. The number of pyridine rings is 1. The van der Waals surface area contributed by atoms with Gasteiger partial charge >= 0.3 is 0 Å². The predicted octanol–water partition coefficient (Wildman–Crippen LogP) is 5.12. The lowest BCUT2D eigenvalue weighted by atomic mass is 9.95. The summed E-state index contributed by atoms with van der Waals surface area (Å²) >= 11 is 1.42. The Morgan fingerprint density at radius 3 is 2.74 bits per heavy atom. The number of fused-ring (bicyclic) bond motifs is 3. The number of anilines is 1. The van der Waals surface area contributed by atoms with E-state index < -0.39 is 0 Å². The van der Waals surface area contributed by atoms with E-state index in [4.69, 9.17) is 9.97 Å². The van der Waals surface area contributed by atoms with Crippen molar-refractivity contribution in [2.24, 2.45) is 0 Å². The van der Waals surface area contributed by atoms with Crippen LogP contribution in [0.5, 0.6) is 0 Å². The minimum absolute atomic E-state index is 0.0395. The standard InChI is InChI=1S/C24H23N5OS/c1-28(2)21-18(16-8-6-7-15(11-16)12-25)13-26-23-19(21)20-22(31-23)24(30)29(14-27-20)17-9-4-3-5-10-17/h6-8,11,13-14,17H,3-5,9-10H2,1-2H3. The monoisotopic (exact) mass is 429 g/mol. The first-order valence-electron chi connectivity index (χ1n) is 10.6. The van der Waals surface area contributed by atoms with Gasteiger partial charge in [-0.15, -0.1) is 11.3 Å². The summed E-state index contributed by atoms with van der Waals surface area (Å²) < 4.78 is 2.50. The molecule has 6 nitrogen and oxygen atoms in total. The van der Waals surface area contributed by atoms with Crippen molar-refractivity contribution in [3.8, 4) is 17.2 Å². The van der Waals surface area contributed by atoms with E-state index in [9.17, 15) is 10.1 Å². The quantitative estimate of drug-likeness (QED) is 0.452. The van der Waals surface area contributed by atoms with Gasteiger partial charge in [0.25, 0.3) is 5.56 Å². The molecule has 0 unspecified atom stereocenters. The fourth-order valence-electron chi connectivity index (χ4n) is 4.64. The fourth-order valence-corrected chi connectivity index (χ4v) is 5.68. The number of hydrogen-bond donors (Lipinski definition) is 0. The van der Waals surface area contributed by atoms with Gasteiger partial charge in [-0.05, 0) is 30.5 Å². The number of thiophene rings is 1. The Morgan fingerprint density at radius 2 is 2.00 bits per heavy atom. The van der Waals surface area contributed by atoms with Gasteiger partial charge in [-0.1, -0.05) is 31.4 Å². The highest BCUT2D eigenvalue weighted by atomic mass is 32.1. The molecule has 1 aliphatic rings. The average molecular weight is 430 g/mol. The zero-order valence-electron chi connectivity index (χ0n) is 17.6. The average Bonchev–Trinajstić information content (AvgIpc) is 3.19. The van der Waals surface area contributed by atoms with Crippen molar-refractivity contribution in [1.29, 1.82) is 5.26 Å². The first-order chi connectivity index (χ1) is 15.1. The maximum atomic E-state index is 13.4. The van der Waals surface area contributed by atoms with Crippen LogP contribution in [0, 0.1) is 11.3 Å². The first-order valence-corrected chi connectivity index (χ1v) is 11.4. The fraction of sp³-hybridized carbons (Fsp3) is 0.333. The molecular formula is C24H23N5OS. The van der Waals surface area contributed by atoms with E-state index in [0.29, 0.717) is 15.8 Å². The van der Waals surface area contributed by atoms with Crippen LogP contribution >= 0.6 is 11.3 Å². The zero-order chi connectivity index (χ0) is 21.5. The summed E-state index contributed by atoms with van der Waals surface area (Å²) in [6.45, 7) is 0. The Balaban J connectivity index is 1.76. The smallest absolute Gasteiger partial charge is 0.271 e. The Kier molecular flexibility index (Phi) is 4.95. The number of aromatic nitrogens is 3. The predicted molar refractivity (Wildman–Crippen MR) is 126 cm³/mol. The second-order valence-electron chi connectivity index (χ2n) is 8.32. The molecule has 156 valence electrons. The number of nitrogens with zero attached hydrogens (tertiary/aromatic N) is 5. The van der Waals surface area contributed by atoms with Gasteiger partial charge < -0.3 is 4.90 Å². The zero-order valence-corrected chi connectivity index (χ0v) is 18.4. The Labute approximate surface area is 184 Å². The van der Waals surface area contributed by atoms with Crippen LogP contribution in [0.15, 0.2) is 41.6 Å². The van der Waals surface area contributed by atoms with E-state index in [1.165, 1.54) is 30.6 Å².